The van der Waals surface area contributed by atoms with Crippen molar-refractivity contribution in [2.75, 3.05) is 13.1 Å². The number of amides is 1. The molecule has 5 rings (SSSR count). The van der Waals surface area contributed by atoms with Crippen LogP contribution in [0.2, 0.25) is 0 Å². The van der Waals surface area contributed by atoms with Gasteiger partial charge in [0.15, 0.2) is 0 Å². The van der Waals surface area contributed by atoms with E-state index >= 15 is 0 Å². The molecule has 31 heavy (non-hydrogen) atoms. The fourth-order valence-electron chi connectivity index (χ4n) is 4.45. The molecule has 3 aromatic heterocycles. The average Bonchev–Trinajstić information content (AvgIpc) is 3.19. The third kappa shape index (κ3) is 4.19. The van der Waals surface area contributed by atoms with Crippen LogP contribution in [0.1, 0.15) is 42.5 Å². The Morgan fingerprint density at radius 1 is 1.16 bits per heavy atom. The second-order valence-corrected chi connectivity index (χ2v) is 9.21. The Morgan fingerprint density at radius 2 is 2.00 bits per heavy atom. The van der Waals surface area contributed by atoms with E-state index in [1.165, 1.54) is 16.9 Å². The van der Waals surface area contributed by atoms with E-state index in [9.17, 15) is 9.59 Å². The van der Waals surface area contributed by atoms with Crippen LogP contribution in [-0.2, 0) is 24.2 Å². The van der Waals surface area contributed by atoms with Gasteiger partial charge in [0, 0.05) is 56.2 Å². The van der Waals surface area contributed by atoms with Crippen molar-refractivity contribution in [3.8, 4) is 5.88 Å². The van der Waals surface area contributed by atoms with Gasteiger partial charge in [0.2, 0.25) is 11.8 Å². The number of aryl methyl sites for hydroxylation is 3. The molecule has 0 N–H and O–H groups in total. The van der Waals surface area contributed by atoms with Gasteiger partial charge in [-0.05, 0) is 31.2 Å². The lowest BCUT2D eigenvalue weighted by Crippen LogP contribution is -2.42. The Kier molecular flexibility index (Phi) is 5.67. The minimum atomic E-state index is -0.00622. The molecule has 8 nitrogen and oxygen atoms in total. The van der Waals surface area contributed by atoms with Crippen LogP contribution in [0.3, 0.4) is 0 Å². The Balaban J connectivity index is 1.19. The zero-order chi connectivity index (χ0) is 21.2. The molecule has 0 atom stereocenters. The van der Waals surface area contributed by atoms with Gasteiger partial charge in [0.1, 0.15) is 10.9 Å². The van der Waals surface area contributed by atoms with Crippen molar-refractivity contribution in [3.05, 3.63) is 45.7 Å². The van der Waals surface area contributed by atoms with Gasteiger partial charge < -0.3 is 9.64 Å². The highest BCUT2D eigenvalue weighted by Crippen LogP contribution is 2.33. The number of aromatic nitrogens is 4. The zero-order valence-electron chi connectivity index (χ0n) is 17.3. The molecule has 2 aliphatic rings. The van der Waals surface area contributed by atoms with E-state index in [4.69, 9.17) is 4.74 Å². The summed E-state index contributed by atoms with van der Waals surface area (Å²) in [5, 5.41) is 0.775. The molecule has 1 fully saturated rings. The normalized spacial score (nSPS) is 17.0. The molecule has 4 heterocycles. The molecular weight excluding hydrogens is 414 g/mol. The van der Waals surface area contributed by atoms with Crippen molar-refractivity contribution in [2.45, 2.75) is 57.6 Å². The first-order valence-corrected chi connectivity index (χ1v) is 11.7. The summed E-state index contributed by atoms with van der Waals surface area (Å²) >= 11 is 1.65. The summed E-state index contributed by atoms with van der Waals surface area (Å²) in [5.74, 6) is 0.586. The van der Waals surface area contributed by atoms with Crippen LogP contribution in [0, 0.1) is 0 Å². The Hall–Kier alpha value is -2.81. The molecular formula is C22H25N5O3S. The Morgan fingerprint density at radius 3 is 2.81 bits per heavy atom. The fourth-order valence-corrected chi connectivity index (χ4v) is 5.67. The molecule has 1 amide bonds. The van der Waals surface area contributed by atoms with Crippen molar-refractivity contribution in [2.24, 2.45) is 0 Å². The molecule has 0 aromatic carbocycles. The lowest BCUT2D eigenvalue weighted by Gasteiger charge is -2.32. The third-order valence-electron chi connectivity index (χ3n) is 6.13. The van der Waals surface area contributed by atoms with E-state index in [1.807, 2.05) is 4.90 Å². The van der Waals surface area contributed by atoms with E-state index in [0.29, 0.717) is 31.9 Å². The second-order valence-electron chi connectivity index (χ2n) is 8.13. The van der Waals surface area contributed by atoms with Gasteiger partial charge in [-0.3, -0.25) is 19.1 Å². The molecule has 0 bridgehead atoms. The number of hydrogen-bond acceptors (Lipinski definition) is 7. The number of carbonyl (C=O) groups excluding carboxylic acids is 1. The molecule has 1 saturated heterocycles. The summed E-state index contributed by atoms with van der Waals surface area (Å²) < 4.78 is 7.45. The first-order valence-electron chi connectivity index (χ1n) is 10.9. The molecule has 162 valence electrons. The third-order valence-corrected chi connectivity index (χ3v) is 7.33. The van der Waals surface area contributed by atoms with E-state index in [2.05, 4.69) is 15.0 Å². The van der Waals surface area contributed by atoms with Crippen molar-refractivity contribution >= 4 is 27.5 Å². The topological polar surface area (TPSA) is 90.2 Å². The monoisotopic (exact) mass is 439 g/mol. The Bertz CT molecular complexity index is 1140. The van der Waals surface area contributed by atoms with Gasteiger partial charge in [-0.2, -0.15) is 0 Å². The van der Waals surface area contributed by atoms with E-state index in [-0.39, 0.29) is 17.6 Å². The first-order chi connectivity index (χ1) is 15.2. The lowest BCUT2D eigenvalue weighted by atomic mass is 9.97. The summed E-state index contributed by atoms with van der Waals surface area (Å²) in [6, 6.07) is 0. The van der Waals surface area contributed by atoms with Gasteiger partial charge in [0.05, 0.1) is 17.9 Å². The second kappa shape index (κ2) is 8.74. The number of likely N-dealkylation sites (tertiary alicyclic amines) is 1. The van der Waals surface area contributed by atoms with Crippen LogP contribution in [-0.4, -0.2) is 49.5 Å². The van der Waals surface area contributed by atoms with Gasteiger partial charge in [-0.25, -0.2) is 9.97 Å². The van der Waals surface area contributed by atoms with Gasteiger partial charge >= 0.3 is 0 Å². The predicted molar refractivity (Wildman–Crippen MR) is 117 cm³/mol. The van der Waals surface area contributed by atoms with E-state index in [1.54, 1.807) is 40.8 Å². The Labute approximate surface area is 183 Å². The molecule has 0 radical (unpaired) electrons. The number of ether oxygens (including phenoxy) is 1. The quantitative estimate of drug-likeness (QED) is 0.607. The molecule has 0 saturated carbocycles. The number of nitrogens with zero attached hydrogens (tertiary/aromatic N) is 5. The summed E-state index contributed by atoms with van der Waals surface area (Å²) in [7, 11) is 0. The predicted octanol–water partition coefficient (Wildman–Crippen LogP) is 2.59. The lowest BCUT2D eigenvalue weighted by molar-refractivity contribution is -0.133. The zero-order valence-corrected chi connectivity index (χ0v) is 18.1. The van der Waals surface area contributed by atoms with Crippen LogP contribution in [0.15, 0.2) is 29.7 Å². The molecule has 0 spiro atoms. The smallest absolute Gasteiger partial charge is 0.262 e. The van der Waals surface area contributed by atoms with Gasteiger partial charge in [-0.15, -0.1) is 11.3 Å². The van der Waals surface area contributed by atoms with Crippen LogP contribution in [0.25, 0.3) is 10.2 Å². The minimum absolute atomic E-state index is 0.00622. The number of piperidine rings is 1. The number of carbonyl (C=O) groups is 1. The van der Waals surface area contributed by atoms with Gasteiger partial charge in [-0.1, -0.05) is 0 Å². The molecule has 9 heteroatoms. The maximum Gasteiger partial charge on any atom is 0.262 e. The van der Waals surface area contributed by atoms with Crippen LogP contribution < -0.4 is 10.3 Å². The maximum absolute atomic E-state index is 13.0. The van der Waals surface area contributed by atoms with Crippen molar-refractivity contribution in [3.63, 3.8) is 0 Å². The highest BCUT2D eigenvalue weighted by Gasteiger charge is 2.25. The standard InChI is InChI=1S/C22H25N5O3S/c28-19(26-10-5-15(6-11-26)30-18-13-23-8-9-24-18)7-12-27-14-25-21-20(22(27)29)16-3-1-2-4-17(16)31-21/h8-9,13-15H,1-7,10-12H2. The fraction of sp³-hybridized carbons (Fsp3) is 0.500. The SMILES string of the molecule is O=C(CCn1cnc2sc3c(c2c1=O)CCCC3)N1CCC(Oc2cnccn2)CC1. The summed E-state index contributed by atoms with van der Waals surface area (Å²) in [4.78, 5) is 42.4. The average molecular weight is 440 g/mol. The van der Waals surface area contributed by atoms with Crippen LogP contribution in [0.5, 0.6) is 5.88 Å². The highest BCUT2D eigenvalue weighted by molar-refractivity contribution is 7.18. The van der Waals surface area contributed by atoms with E-state index in [0.717, 1.165) is 42.3 Å². The number of rotatable bonds is 5. The highest BCUT2D eigenvalue weighted by atomic mass is 32.1. The van der Waals surface area contributed by atoms with Crippen molar-refractivity contribution in [1.29, 1.82) is 0 Å². The summed E-state index contributed by atoms with van der Waals surface area (Å²) in [5.41, 5.74) is 1.18. The summed E-state index contributed by atoms with van der Waals surface area (Å²) in [6.07, 6.45) is 12.6. The van der Waals surface area contributed by atoms with E-state index < -0.39 is 0 Å². The first kappa shape index (κ1) is 20.1. The van der Waals surface area contributed by atoms with Crippen molar-refractivity contribution in [1.82, 2.24) is 24.4 Å². The largest absolute Gasteiger partial charge is 0.473 e. The maximum atomic E-state index is 13.0. The molecule has 1 aliphatic carbocycles. The van der Waals surface area contributed by atoms with Gasteiger partial charge in [0.25, 0.3) is 5.56 Å². The minimum Gasteiger partial charge on any atom is -0.473 e. The van der Waals surface area contributed by atoms with Crippen molar-refractivity contribution < 1.29 is 9.53 Å². The molecule has 1 aliphatic heterocycles. The molecule has 0 unspecified atom stereocenters. The number of fused-ring (bicyclic) bond motifs is 3. The van der Waals surface area contributed by atoms with Crippen LogP contribution >= 0.6 is 11.3 Å². The van der Waals surface area contributed by atoms with Crippen LogP contribution in [0.4, 0.5) is 0 Å². The summed E-state index contributed by atoms with van der Waals surface area (Å²) in [6.45, 7) is 1.66. The molecule has 3 aromatic rings. The number of thiophene rings is 1. The number of hydrogen-bond donors (Lipinski definition) is 0.